The van der Waals surface area contributed by atoms with Crippen LogP contribution in [0.3, 0.4) is 0 Å². The van der Waals surface area contributed by atoms with Gasteiger partial charge in [-0.2, -0.15) is 0 Å². The summed E-state index contributed by atoms with van der Waals surface area (Å²) in [4.78, 5) is 23.9. The number of carboxylic acid groups (broad SMARTS) is 1. The molecule has 1 unspecified atom stereocenters. The highest BCUT2D eigenvalue weighted by atomic mass is 35.5. The van der Waals surface area contributed by atoms with Gasteiger partial charge in [0.15, 0.2) is 0 Å². The third-order valence-corrected chi connectivity index (χ3v) is 2.99. The van der Waals surface area contributed by atoms with E-state index in [0.29, 0.717) is 10.7 Å². The first-order chi connectivity index (χ1) is 8.81. The lowest BCUT2D eigenvalue weighted by atomic mass is 10.2. The molecule has 0 aliphatic heterocycles. The van der Waals surface area contributed by atoms with Crippen molar-refractivity contribution in [1.82, 2.24) is 4.90 Å². The summed E-state index contributed by atoms with van der Waals surface area (Å²) in [5.74, 6) is -1.56. The van der Waals surface area contributed by atoms with E-state index in [-0.39, 0.29) is 12.6 Å². The van der Waals surface area contributed by atoms with Gasteiger partial charge in [0.1, 0.15) is 0 Å². The largest absolute Gasteiger partial charge is 0.481 e. The van der Waals surface area contributed by atoms with Crippen LogP contribution in [0, 0.1) is 12.8 Å². The van der Waals surface area contributed by atoms with Gasteiger partial charge in [-0.05, 0) is 24.6 Å². The van der Waals surface area contributed by atoms with Gasteiger partial charge in [0.05, 0.1) is 16.6 Å². The fourth-order valence-corrected chi connectivity index (χ4v) is 1.79. The van der Waals surface area contributed by atoms with Crippen molar-refractivity contribution in [3.05, 3.63) is 28.8 Å². The van der Waals surface area contributed by atoms with E-state index in [1.807, 2.05) is 13.0 Å². The lowest BCUT2D eigenvalue weighted by molar-refractivity contribution is -0.141. The maximum atomic E-state index is 11.9. The number of aryl methyl sites for hydroxylation is 1. The zero-order chi connectivity index (χ0) is 14.6. The number of aliphatic carboxylic acids is 1. The number of halogens is 1. The molecule has 1 aromatic rings. The van der Waals surface area contributed by atoms with Crippen LogP contribution in [0.2, 0.25) is 5.02 Å². The number of hydrogen-bond donors (Lipinski definition) is 2. The quantitative estimate of drug-likeness (QED) is 0.893. The predicted octanol–water partition coefficient (Wildman–Crippen LogP) is 2.83. The summed E-state index contributed by atoms with van der Waals surface area (Å²) in [7, 11) is 1.54. The average molecular weight is 285 g/mol. The Kier molecular flexibility index (Phi) is 5.18. The van der Waals surface area contributed by atoms with Crippen LogP contribution in [0.5, 0.6) is 0 Å². The standard InChI is InChI=1S/C13H17ClN2O3/c1-8-4-5-11(10(14)6-8)15-13(19)16(3)7-9(2)12(17)18/h4-6,9H,7H2,1-3H3,(H,15,19)(H,17,18). The number of benzene rings is 1. The Morgan fingerprint density at radius 2 is 2.11 bits per heavy atom. The third kappa shape index (κ3) is 4.44. The van der Waals surface area contributed by atoms with Crippen molar-refractivity contribution in [2.24, 2.45) is 5.92 Å². The molecule has 1 aromatic carbocycles. The molecule has 6 heteroatoms. The SMILES string of the molecule is Cc1ccc(NC(=O)N(C)CC(C)C(=O)O)c(Cl)c1. The van der Waals surface area contributed by atoms with Gasteiger partial charge in [0.2, 0.25) is 0 Å². The first-order valence-electron chi connectivity index (χ1n) is 5.82. The number of anilines is 1. The number of nitrogens with zero attached hydrogens (tertiary/aromatic N) is 1. The van der Waals surface area contributed by atoms with Crippen LogP contribution in [0.4, 0.5) is 10.5 Å². The molecule has 2 N–H and O–H groups in total. The van der Waals surface area contributed by atoms with Crippen molar-refractivity contribution in [3.8, 4) is 0 Å². The zero-order valence-corrected chi connectivity index (χ0v) is 11.9. The van der Waals surface area contributed by atoms with E-state index >= 15 is 0 Å². The first kappa shape index (κ1) is 15.3. The van der Waals surface area contributed by atoms with E-state index in [4.69, 9.17) is 16.7 Å². The number of carbonyl (C=O) groups excluding carboxylic acids is 1. The van der Waals surface area contributed by atoms with E-state index in [1.54, 1.807) is 19.1 Å². The van der Waals surface area contributed by atoms with Crippen molar-refractivity contribution in [2.75, 3.05) is 18.9 Å². The molecule has 0 saturated carbocycles. The highest BCUT2D eigenvalue weighted by molar-refractivity contribution is 6.33. The maximum Gasteiger partial charge on any atom is 0.321 e. The van der Waals surface area contributed by atoms with Gasteiger partial charge in [-0.3, -0.25) is 4.79 Å². The number of hydrogen-bond acceptors (Lipinski definition) is 2. The van der Waals surface area contributed by atoms with Gasteiger partial charge in [-0.25, -0.2) is 4.79 Å². The molecule has 0 aromatic heterocycles. The number of rotatable bonds is 4. The van der Waals surface area contributed by atoms with Crippen molar-refractivity contribution in [1.29, 1.82) is 0 Å². The van der Waals surface area contributed by atoms with Crippen LogP contribution in [0.25, 0.3) is 0 Å². The molecular formula is C13H17ClN2O3. The van der Waals surface area contributed by atoms with E-state index in [2.05, 4.69) is 5.32 Å². The smallest absolute Gasteiger partial charge is 0.321 e. The number of carbonyl (C=O) groups is 2. The molecule has 0 aliphatic carbocycles. The second-order valence-corrected chi connectivity index (χ2v) is 4.94. The molecular weight excluding hydrogens is 268 g/mol. The molecule has 1 rings (SSSR count). The minimum absolute atomic E-state index is 0.130. The fourth-order valence-electron chi connectivity index (χ4n) is 1.50. The summed E-state index contributed by atoms with van der Waals surface area (Å²) in [5, 5.41) is 11.9. The minimum Gasteiger partial charge on any atom is -0.481 e. The molecule has 19 heavy (non-hydrogen) atoms. The van der Waals surface area contributed by atoms with Gasteiger partial charge >= 0.3 is 12.0 Å². The van der Waals surface area contributed by atoms with E-state index in [0.717, 1.165) is 5.56 Å². The van der Waals surface area contributed by atoms with Crippen LogP contribution in [0.1, 0.15) is 12.5 Å². The molecule has 0 bridgehead atoms. The summed E-state index contributed by atoms with van der Waals surface area (Å²) in [6.07, 6.45) is 0. The lowest BCUT2D eigenvalue weighted by Crippen LogP contribution is -2.36. The first-order valence-corrected chi connectivity index (χ1v) is 6.20. The molecule has 0 aliphatic rings. The van der Waals surface area contributed by atoms with Gasteiger partial charge in [0.25, 0.3) is 0 Å². The Morgan fingerprint density at radius 1 is 1.47 bits per heavy atom. The number of amides is 2. The molecule has 0 fully saturated rings. The monoisotopic (exact) mass is 284 g/mol. The molecule has 5 nitrogen and oxygen atoms in total. The van der Waals surface area contributed by atoms with E-state index in [1.165, 1.54) is 11.9 Å². The third-order valence-electron chi connectivity index (χ3n) is 2.68. The van der Waals surface area contributed by atoms with Crippen LogP contribution >= 0.6 is 11.6 Å². The predicted molar refractivity (Wildman–Crippen MR) is 74.6 cm³/mol. The Hall–Kier alpha value is -1.75. The molecule has 1 atom stereocenters. The van der Waals surface area contributed by atoms with Crippen LogP contribution in [0.15, 0.2) is 18.2 Å². The summed E-state index contributed by atoms with van der Waals surface area (Å²) in [6.45, 7) is 3.58. The van der Waals surface area contributed by atoms with E-state index in [9.17, 15) is 9.59 Å². The summed E-state index contributed by atoms with van der Waals surface area (Å²) < 4.78 is 0. The molecule has 2 amide bonds. The van der Waals surface area contributed by atoms with Crippen molar-refractivity contribution in [2.45, 2.75) is 13.8 Å². The Morgan fingerprint density at radius 3 is 2.63 bits per heavy atom. The Balaban J connectivity index is 2.66. The second kappa shape index (κ2) is 6.43. The number of carboxylic acids is 1. The minimum atomic E-state index is -0.937. The van der Waals surface area contributed by atoms with Crippen molar-refractivity contribution >= 4 is 29.3 Å². The second-order valence-electron chi connectivity index (χ2n) is 4.53. The fraction of sp³-hybridized carbons (Fsp3) is 0.385. The molecule has 0 radical (unpaired) electrons. The molecule has 0 heterocycles. The Labute approximate surface area is 117 Å². The zero-order valence-electron chi connectivity index (χ0n) is 11.1. The van der Waals surface area contributed by atoms with E-state index < -0.39 is 11.9 Å². The summed E-state index contributed by atoms with van der Waals surface area (Å²) in [6, 6.07) is 4.90. The van der Waals surface area contributed by atoms with Crippen LogP contribution < -0.4 is 5.32 Å². The lowest BCUT2D eigenvalue weighted by Gasteiger charge is -2.20. The number of urea groups is 1. The van der Waals surface area contributed by atoms with Gasteiger partial charge in [-0.15, -0.1) is 0 Å². The highest BCUT2D eigenvalue weighted by Gasteiger charge is 2.17. The molecule has 104 valence electrons. The summed E-state index contributed by atoms with van der Waals surface area (Å²) in [5.41, 5.74) is 1.50. The van der Waals surface area contributed by atoms with Gasteiger partial charge in [-0.1, -0.05) is 24.6 Å². The normalized spacial score (nSPS) is 11.8. The van der Waals surface area contributed by atoms with Crippen molar-refractivity contribution in [3.63, 3.8) is 0 Å². The van der Waals surface area contributed by atoms with Crippen LogP contribution in [-0.2, 0) is 4.79 Å². The highest BCUT2D eigenvalue weighted by Crippen LogP contribution is 2.22. The number of nitrogens with one attached hydrogen (secondary N) is 1. The molecule has 0 saturated heterocycles. The summed E-state index contributed by atoms with van der Waals surface area (Å²) >= 11 is 6.01. The molecule has 0 spiro atoms. The van der Waals surface area contributed by atoms with Crippen molar-refractivity contribution < 1.29 is 14.7 Å². The average Bonchev–Trinajstić information content (AvgIpc) is 2.32. The maximum absolute atomic E-state index is 11.9. The van der Waals surface area contributed by atoms with Gasteiger partial charge in [0, 0.05) is 13.6 Å². The van der Waals surface area contributed by atoms with Crippen LogP contribution in [-0.4, -0.2) is 35.6 Å². The van der Waals surface area contributed by atoms with Gasteiger partial charge < -0.3 is 15.3 Å². The topological polar surface area (TPSA) is 69.6 Å². The Bertz CT molecular complexity index is 491.